The van der Waals surface area contributed by atoms with Crippen LogP contribution in [0.4, 0.5) is 4.79 Å². The molecule has 0 N–H and O–H groups in total. The molecule has 160 valence electrons. The third kappa shape index (κ3) is 5.11. The molecule has 0 spiro atoms. The molecule has 2 rings (SSSR count). The molecule has 0 aliphatic carbocycles. The SMILES string of the molecule is COc1cc(/C=C/C(=O)c2c(C)cc(C)cc2OC(=O)N(C)C)cc(OC)c1OC. The molecule has 7 heteroatoms. The van der Waals surface area contributed by atoms with E-state index in [-0.39, 0.29) is 11.5 Å². The number of rotatable bonds is 7. The van der Waals surface area contributed by atoms with Crippen molar-refractivity contribution in [1.29, 1.82) is 0 Å². The van der Waals surface area contributed by atoms with Crippen LogP contribution in [-0.4, -0.2) is 52.2 Å². The molecule has 0 aliphatic heterocycles. The molecule has 2 aromatic rings. The number of carbonyl (C=O) groups is 2. The van der Waals surface area contributed by atoms with Crippen molar-refractivity contribution in [2.24, 2.45) is 0 Å². The Kier molecular flexibility index (Phi) is 7.47. The lowest BCUT2D eigenvalue weighted by atomic mass is 10.00. The predicted octanol–water partition coefficient (Wildman–Crippen LogP) is 4.29. The minimum atomic E-state index is -0.553. The van der Waals surface area contributed by atoms with Gasteiger partial charge in [-0.2, -0.15) is 0 Å². The maximum atomic E-state index is 13.0. The lowest BCUT2D eigenvalue weighted by molar-refractivity contribution is 0.104. The van der Waals surface area contributed by atoms with Gasteiger partial charge in [0.25, 0.3) is 0 Å². The van der Waals surface area contributed by atoms with Gasteiger partial charge in [0, 0.05) is 14.1 Å². The van der Waals surface area contributed by atoms with E-state index in [0.29, 0.717) is 28.4 Å². The Balaban J connectivity index is 2.43. The van der Waals surface area contributed by atoms with E-state index in [1.54, 1.807) is 45.3 Å². The fraction of sp³-hybridized carbons (Fsp3) is 0.304. The summed E-state index contributed by atoms with van der Waals surface area (Å²) in [5, 5.41) is 0. The monoisotopic (exact) mass is 413 g/mol. The molecular weight excluding hydrogens is 386 g/mol. The zero-order chi connectivity index (χ0) is 22.4. The summed E-state index contributed by atoms with van der Waals surface area (Å²) >= 11 is 0. The summed E-state index contributed by atoms with van der Waals surface area (Å²) in [6.45, 7) is 3.68. The Morgan fingerprint density at radius 1 is 0.867 bits per heavy atom. The number of benzene rings is 2. The molecule has 0 saturated carbocycles. The van der Waals surface area contributed by atoms with E-state index in [9.17, 15) is 9.59 Å². The molecule has 0 unspecified atom stereocenters. The second-order valence-corrected chi connectivity index (χ2v) is 6.87. The van der Waals surface area contributed by atoms with E-state index in [2.05, 4.69) is 0 Å². The number of aryl methyl sites for hydroxylation is 2. The predicted molar refractivity (Wildman–Crippen MR) is 115 cm³/mol. The van der Waals surface area contributed by atoms with Crippen LogP contribution >= 0.6 is 0 Å². The third-order valence-corrected chi connectivity index (χ3v) is 4.37. The molecular formula is C23H27NO6. The minimum Gasteiger partial charge on any atom is -0.493 e. The van der Waals surface area contributed by atoms with Gasteiger partial charge in [0.05, 0.1) is 26.9 Å². The summed E-state index contributed by atoms with van der Waals surface area (Å²) in [6.07, 6.45) is 2.51. The Hall–Kier alpha value is -3.48. The first kappa shape index (κ1) is 22.8. The number of hydrogen-bond acceptors (Lipinski definition) is 6. The van der Waals surface area contributed by atoms with Crippen LogP contribution in [0.5, 0.6) is 23.0 Å². The number of ketones is 1. The Morgan fingerprint density at radius 2 is 1.47 bits per heavy atom. The second-order valence-electron chi connectivity index (χ2n) is 6.87. The number of carbonyl (C=O) groups excluding carboxylic acids is 2. The summed E-state index contributed by atoms with van der Waals surface area (Å²) in [5.41, 5.74) is 2.63. The Labute approximate surface area is 176 Å². The van der Waals surface area contributed by atoms with E-state index >= 15 is 0 Å². The largest absolute Gasteiger partial charge is 0.493 e. The smallest absolute Gasteiger partial charge is 0.414 e. The maximum Gasteiger partial charge on any atom is 0.414 e. The Morgan fingerprint density at radius 3 is 1.97 bits per heavy atom. The van der Waals surface area contributed by atoms with Gasteiger partial charge < -0.3 is 23.8 Å². The molecule has 0 radical (unpaired) electrons. The van der Waals surface area contributed by atoms with Crippen molar-refractivity contribution in [3.8, 4) is 23.0 Å². The van der Waals surface area contributed by atoms with Gasteiger partial charge in [0.15, 0.2) is 17.3 Å². The summed E-state index contributed by atoms with van der Waals surface area (Å²) < 4.78 is 21.4. The summed E-state index contributed by atoms with van der Waals surface area (Å²) in [4.78, 5) is 26.3. The van der Waals surface area contributed by atoms with E-state index in [1.165, 1.54) is 32.3 Å². The van der Waals surface area contributed by atoms with Crippen molar-refractivity contribution in [2.75, 3.05) is 35.4 Å². The van der Waals surface area contributed by atoms with Gasteiger partial charge in [-0.05, 0) is 54.8 Å². The summed E-state index contributed by atoms with van der Waals surface area (Å²) in [6, 6.07) is 7.02. The number of nitrogens with zero attached hydrogens (tertiary/aromatic N) is 1. The number of ether oxygens (including phenoxy) is 4. The number of allylic oxidation sites excluding steroid dienone is 1. The quantitative estimate of drug-likeness (QED) is 0.498. The molecule has 0 aromatic heterocycles. The zero-order valence-electron chi connectivity index (χ0n) is 18.4. The molecule has 0 heterocycles. The highest BCUT2D eigenvalue weighted by molar-refractivity contribution is 6.10. The van der Waals surface area contributed by atoms with Crippen molar-refractivity contribution < 1.29 is 28.5 Å². The van der Waals surface area contributed by atoms with Crippen molar-refractivity contribution in [3.63, 3.8) is 0 Å². The molecule has 2 aromatic carbocycles. The average molecular weight is 413 g/mol. The first-order chi connectivity index (χ1) is 14.2. The standard InChI is InChI=1S/C23H27NO6/c1-14-10-15(2)21(18(11-14)30-23(26)24(3)4)17(25)9-8-16-12-19(27-5)22(29-7)20(13-16)28-6/h8-13H,1-7H3/b9-8+. The maximum absolute atomic E-state index is 13.0. The van der Waals surface area contributed by atoms with Crippen LogP contribution in [-0.2, 0) is 0 Å². The minimum absolute atomic E-state index is 0.228. The number of amides is 1. The van der Waals surface area contributed by atoms with Crippen LogP contribution in [0.25, 0.3) is 6.08 Å². The topological polar surface area (TPSA) is 74.3 Å². The van der Waals surface area contributed by atoms with Crippen LogP contribution in [0.2, 0.25) is 0 Å². The molecule has 30 heavy (non-hydrogen) atoms. The third-order valence-electron chi connectivity index (χ3n) is 4.37. The Bertz CT molecular complexity index is 953. The van der Waals surface area contributed by atoms with Gasteiger partial charge in [-0.15, -0.1) is 0 Å². The number of methoxy groups -OCH3 is 3. The van der Waals surface area contributed by atoms with Gasteiger partial charge in [0.2, 0.25) is 5.75 Å². The molecule has 0 bridgehead atoms. The number of hydrogen-bond donors (Lipinski definition) is 0. The molecule has 1 amide bonds. The van der Waals surface area contributed by atoms with Gasteiger partial charge in [-0.1, -0.05) is 12.1 Å². The fourth-order valence-electron chi connectivity index (χ4n) is 2.96. The van der Waals surface area contributed by atoms with Crippen LogP contribution < -0.4 is 18.9 Å². The van der Waals surface area contributed by atoms with Crippen LogP contribution in [0.1, 0.15) is 27.0 Å². The van der Waals surface area contributed by atoms with Gasteiger partial charge in [-0.25, -0.2) is 4.79 Å². The zero-order valence-corrected chi connectivity index (χ0v) is 18.4. The van der Waals surface area contributed by atoms with Gasteiger partial charge >= 0.3 is 6.09 Å². The first-order valence-electron chi connectivity index (χ1n) is 9.24. The average Bonchev–Trinajstić information content (AvgIpc) is 2.70. The van der Waals surface area contributed by atoms with Gasteiger partial charge in [0.1, 0.15) is 5.75 Å². The van der Waals surface area contributed by atoms with E-state index in [1.807, 2.05) is 13.0 Å². The van der Waals surface area contributed by atoms with E-state index < -0.39 is 6.09 Å². The van der Waals surface area contributed by atoms with E-state index in [0.717, 1.165) is 11.1 Å². The van der Waals surface area contributed by atoms with Crippen molar-refractivity contribution >= 4 is 18.0 Å². The highest BCUT2D eigenvalue weighted by Gasteiger charge is 2.18. The van der Waals surface area contributed by atoms with Crippen LogP contribution in [0.3, 0.4) is 0 Å². The lowest BCUT2D eigenvalue weighted by Crippen LogP contribution is -2.26. The highest BCUT2D eigenvalue weighted by Crippen LogP contribution is 2.38. The van der Waals surface area contributed by atoms with Gasteiger partial charge in [-0.3, -0.25) is 4.79 Å². The van der Waals surface area contributed by atoms with Crippen molar-refractivity contribution in [1.82, 2.24) is 4.90 Å². The molecule has 0 saturated heterocycles. The first-order valence-corrected chi connectivity index (χ1v) is 9.24. The molecule has 0 fully saturated rings. The summed E-state index contributed by atoms with van der Waals surface area (Å²) in [7, 11) is 7.73. The van der Waals surface area contributed by atoms with Crippen LogP contribution in [0.15, 0.2) is 30.3 Å². The summed E-state index contributed by atoms with van der Waals surface area (Å²) in [5.74, 6) is 1.37. The highest BCUT2D eigenvalue weighted by atomic mass is 16.6. The second kappa shape index (κ2) is 9.82. The van der Waals surface area contributed by atoms with Crippen molar-refractivity contribution in [3.05, 3.63) is 52.6 Å². The normalized spacial score (nSPS) is 10.6. The van der Waals surface area contributed by atoms with E-state index in [4.69, 9.17) is 18.9 Å². The lowest BCUT2D eigenvalue weighted by Gasteiger charge is -2.15. The molecule has 0 atom stereocenters. The molecule has 0 aliphatic rings. The van der Waals surface area contributed by atoms with Crippen LogP contribution in [0, 0.1) is 13.8 Å². The molecule has 7 nitrogen and oxygen atoms in total. The van der Waals surface area contributed by atoms with Crippen molar-refractivity contribution in [2.45, 2.75) is 13.8 Å². The fourth-order valence-corrected chi connectivity index (χ4v) is 2.96.